The van der Waals surface area contributed by atoms with Crippen LogP contribution in [0.1, 0.15) is 15.9 Å². The van der Waals surface area contributed by atoms with Crippen molar-refractivity contribution >= 4 is 34.5 Å². The summed E-state index contributed by atoms with van der Waals surface area (Å²) in [6, 6.07) is 6.89. The molecule has 98 valence electrons. The van der Waals surface area contributed by atoms with Crippen LogP contribution in [-0.4, -0.2) is 24.3 Å². The number of nitrogens with zero attached hydrogens (tertiary/aromatic N) is 2. The molecule has 7 heteroatoms. The van der Waals surface area contributed by atoms with Crippen LogP contribution in [0.4, 0.5) is 10.9 Å². The molecule has 0 saturated carbocycles. The van der Waals surface area contributed by atoms with E-state index in [1.54, 1.807) is 35.9 Å². The van der Waals surface area contributed by atoms with Gasteiger partial charge in [0.15, 0.2) is 0 Å². The van der Waals surface area contributed by atoms with E-state index in [1.165, 1.54) is 18.4 Å². The quantitative estimate of drug-likeness (QED) is 0.506. The highest BCUT2D eigenvalue weighted by Crippen LogP contribution is 2.16. The summed E-state index contributed by atoms with van der Waals surface area (Å²) in [5.41, 5.74) is 9.60. The zero-order valence-electron chi connectivity index (χ0n) is 10.2. The number of hydrogen-bond donors (Lipinski definition) is 2. The molecule has 1 aromatic heterocycles. The van der Waals surface area contributed by atoms with Gasteiger partial charge >= 0.3 is 5.97 Å². The standard InChI is InChI=1S/C12H12N4O2S/c1-18-11(17)9-4-2-8(3-5-9)6-14-16-12-15-10(13)7-19-12/h2-7H,13H2,1H3,(H,15,16). The molecule has 0 unspecified atom stereocenters. The van der Waals surface area contributed by atoms with Gasteiger partial charge in [-0.15, -0.1) is 11.3 Å². The molecule has 0 spiro atoms. The Balaban J connectivity index is 1.97. The number of benzene rings is 1. The van der Waals surface area contributed by atoms with Gasteiger partial charge in [-0.25, -0.2) is 9.78 Å². The lowest BCUT2D eigenvalue weighted by molar-refractivity contribution is 0.0601. The Morgan fingerprint density at radius 3 is 2.79 bits per heavy atom. The van der Waals surface area contributed by atoms with Crippen molar-refractivity contribution in [3.05, 3.63) is 40.8 Å². The van der Waals surface area contributed by atoms with Gasteiger partial charge in [-0.1, -0.05) is 12.1 Å². The van der Waals surface area contributed by atoms with Crippen molar-refractivity contribution in [1.82, 2.24) is 4.98 Å². The molecule has 2 aromatic rings. The number of thiazole rings is 1. The van der Waals surface area contributed by atoms with Crippen molar-refractivity contribution in [3.63, 3.8) is 0 Å². The van der Waals surface area contributed by atoms with Crippen LogP contribution < -0.4 is 11.2 Å². The van der Waals surface area contributed by atoms with E-state index < -0.39 is 0 Å². The third-order valence-electron chi connectivity index (χ3n) is 2.23. The van der Waals surface area contributed by atoms with Crippen molar-refractivity contribution < 1.29 is 9.53 Å². The molecular formula is C12H12N4O2S. The van der Waals surface area contributed by atoms with Gasteiger partial charge in [-0.2, -0.15) is 5.10 Å². The topological polar surface area (TPSA) is 89.6 Å². The molecule has 1 aromatic carbocycles. The van der Waals surface area contributed by atoms with Crippen LogP contribution in [0.2, 0.25) is 0 Å². The number of carbonyl (C=O) groups is 1. The molecular weight excluding hydrogens is 264 g/mol. The Morgan fingerprint density at radius 1 is 1.47 bits per heavy atom. The third-order valence-corrected chi connectivity index (χ3v) is 2.99. The molecule has 19 heavy (non-hydrogen) atoms. The first-order valence-electron chi connectivity index (χ1n) is 5.37. The molecule has 0 bridgehead atoms. The second-order valence-corrected chi connectivity index (χ2v) is 4.42. The molecule has 0 amide bonds. The van der Waals surface area contributed by atoms with E-state index in [0.29, 0.717) is 16.5 Å². The van der Waals surface area contributed by atoms with E-state index >= 15 is 0 Å². The van der Waals surface area contributed by atoms with Crippen molar-refractivity contribution in [2.75, 3.05) is 18.3 Å². The predicted molar refractivity (Wildman–Crippen MR) is 75.5 cm³/mol. The lowest BCUT2D eigenvalue weighted by Gasteiger charge is -1.99. The number of hydrazone groups is 1. The Morgan fingerprint density at radius 2 is 2.21 bits per heavy atom. The van der Waals surface area contributed by atoms with E-state index in [1.807, 2.05) is 0 Å². The van der Waals surface area contributed by atoms with E-state index in [2.05, 4.69) is 20.2 Å². The zero-order chi connectivity index (χ0) is 13.7. The predicted octanol–water partition coefficient (Wildman–Crippen LogP) is 1.96. The number of esters is 1. The second kappa shape index (κ2) is 5.96. The molecule has 2 rings (SSSR count). The van der Waals surface area contributed by atoms with Crippen LogP contribution in [-0.2, 0) is 4.74 Å². The Labute approximate surface area is 113 Å². The Bertz CT molecular complexity index is 592. The fourth-order valence-corrected chi connectivity index (χ4v) is 1.87. The number of nitrogens with one attached hydrogen (secondary N) is 1. The highest BCUT2D eigenvalue weighted by atomic mass is 32.1. The molecule has 0 radical (unpaired) electrons. The monoisotopic (exact) mass is 276 g/mol. The summed E-state index contributed by atoms with van der Waals surface area (Å²) >= 11 is 1.37. The molecule has 0 fully saturated rings. The van der Waals surface area contributed by atoms with E-state index in [0.717, 1.165) is 5.56 Å². The largest absolute Gasteiger partial charge is 0.465 e. The highest BCUT2D eigenvalue weighted by molar-refractivity contribution is 7.14. The number of nitrogen functional groups attached to an aromatic ring is 1. The summed E-state index contributed by atoms with van der Waals surface area (Å²) in [4.78, 5) is 15.2. The van der Waals surface area contributed by atoms with Gasteiger partial charge < -0.3 is 10.5 Å². The minimum absolute atomic E-state index is 0.361. The lowest BCUT2D eigenvalue weighted by Crippen LogP contribution is -2.00. The first kappa shape index (κ1) is 13.0. The van der Waals surface area contributed by atoms with Gasteiger partial charge in [0.25, 0.3) is 0 Å². The van der Waals surface area contributed by atoms with E-state index in [4.69, 9.17) is 5.73 Å². The Hall–Kier alpha value is -2.41. The molecule has 0 aliphatic rings. The maximum Gasteiger partial charge on any atom is 0.337 e. The number of carbonyl (C=O) groups excluding carboxylic acids is 1. The molecule has 1 heterocycles. The first-order chi connectivity index (χ1) is 9.19. The lowest BCUT2D eigenvalue weighted by atomic mass is 10.1. The molecule has 6 nitrogen and oxygen atoms in total. The first-order valence-corrected chi connectivity index (χ1v) is 6.25. The van der Waals surface area contributed by atoms with Gasteiger partial charge in [0.2, 0.25) is 5.13 Å². The van der Waals surface area contributed by atoms with Gasteiger partial charge in [0, 0.05) is 5.38 Å². The fourth-order valence-electron chi connectivity index (χ4n) is 1.32. The minimum atomic E-state index is -0.361. The van der Waals surface area contributed by atoms with Crippen molar-refractivity contribution in [1.29, 1.82) is 0 Å². The maximum atomic E-state index is 11.2. The Kier molecular flexibility index (Phi) is 4.09. The smallest absolute Gasteiger partial charge is 0.337 e. The van der Waals surface area contributed by atoms with Crippen molar-refractivity contribution in [2.45, 2.75) is 0 Å². The van der Waals surface area contributed by atoms with Crippen molar-refractivity contribution in [2.24, 2.45) is 5.10 Å². The number of aromatic nitrogens is 1. The fraction of sp³-hybridized carbons (Fsp3) is 0.0833. The van der Waals surface area contributed by atoms with Gasteiger partial charge in [0.1, 0.15) is 5.82 Å². The van der Waals surface area contributed by atoms with E-state index in [-0.39, 0.29) is 5.97 Å². The number of nitrogens with two attached hydrogens (primary N) is 1. The average Bonchev–Trinajstić information content (AvgIpc) is 2.84. The van der Waals surface area contributed by atoms with Gasteiger partial charge in [0.05, 0.1) is 18.9 Å². The summed E-state index contributed by atoms with van der Waals surface area (Å²) < 4.78 is 4.61. The number of anilines is 2. The van der Waals surface area contributed by atoms with Crippen LogP contribution in [0.3, 0.4) is 0 Å². The third kappa shape index (κ3) is 3.52. The number of ether oxygens (including phenoxy) is 1. The molecule has 0 saturated heterocycles. The normalized spacial score (nSPS) is 10.6. The van der Waals surface area contributed by atoms with Crippen LogP contribution >= 0.6 is 11.3 Å². The van der Waals surface area contributed by atoms with Crippen LogP contribution in [0.15, 0.2) is 34.7 Å². The number of rotatable bonds is 4. The summed E-state index contributed by atoms with van der Waals surface area (Å²) in [6.45, 7) is 0. The SMILES string of the molecule is COC(=O)c1ccc(C=NNc2nc(N)cs2)cc1. The second-order valence-electron chi connectivity index (χ2n) is 3.56. The molecule has 0 aliphatic heterocycles. The summed E-state index contributed by atoms with van der Waals surface area (Å²) in [7, 11) is 1.35. The highest BCUT2D eigenvalue weighted by Gasteiger charge is 2.03. The zero-order valence-corrected chi connectivity index (χ0v) is 11.0. The molecule has 0 atom stereocenters. The van der Waals surface area contributed by atoms with Crippen LogP contribution in [0.25, 0.3) is 0 Å². The average molecular weight is 276 g/mol. The molecule has 3 N–H and O–H groups in total. The van der Waals surface area contributed by atoms with E-state index in [9.17, 15) is 4.79 Å². The number of methoxy groups -OCH3 is 1. The number of hydrogen-bond acceptors (Lipinski definition) is 7. The van der Waals surface area contributed by atoms with Crippen LogP contribution in [0, 0.1) is 0 Å². The molecule has 0 aliphatic carbocycles. The van der Waals surface area contributed by atoms with Gasteiger partial charge in [-0.05, 0) is 17.7 Å². The maximum absolute atomic E-state index is 11.2. The summed E-state index contributed by atoms with van der Waals surface area (Å²) in [5.74, 6) is 0.102. The summed E-state index contributed by atoms with van der Waals surface area (Å²) in [6.07, 6.45) is 1.62. The summed E-state index contributed by atoms with van der Waals surface area (Å²) in [5, 5.41) is 6.37. The minimum Gasteiger partial charge on any atom is -0.465 e. The van der Waals surface area contributed by atoms with Crippen molar-refractivity contribution in [3.8, 4) is 0 Å². The van der Waals surface area contributed by atoms with Crippen LogP contribution in [0.5, 0.6) is 0 Å². The van der Waals surface area contributed by atoms with Gasteiger partial charge in [-0.3, -0.25) is 5.43 Å².